The lowest BCUT2D eigenvalue weighted by atomic mass is 10.4. The van der Waals surface area contributed by atoms with E-state index in [1.807, 2.05) is 13.8 Å². The Hall–Kier alpha value is -0.480. The number of halogens is 1. The first kappa shape index (κ1) is 12.5. The minimum Gasteiger partial charge on any atom is -0.259 e. The van der Waals surface area contributed by atoms with Crippen LogP contribution >= 0.6 is 23.4 Å². The van der Waals surface area contributed by atoms with E-state index in [0.717, 1.165) is 23.3 Å². The highest BCUT2D eigenvalue weighted by Crippen LogP contribution is 2.25. The molecule has 3 nitrogen and oxygen atoms in total. The van der Waals surface area contributed by atoms with Crippen LogP contribution in [0.15, 0.2) is 22.2 Å². The maximum absolute atomic E-state index is 10.0. The zero-order chi connectivity index (χ0) is 10.3. The van der Waals surface area contributed by atoms with Crippen molar-refractivity contribution in [2.45, 2.75) is 20.3 Å². The molecule has 5 heteroatoms. The number of allylic oxidation sites excluding steroid dienone is 3. The molecule has 0 atom stereocenters. The van der Waals surface area contributed by atoms with Gasteiger partial charge in [0.2, 0.25) is 6.20 Å². The minimum atomic E-state index is -0.522. The Morgan fingerprint density at radius 1 is 1.62 bits per heavy atom. The molecule has 0 aromatic carbocycles. The summed E-state index contributed by atoms with van der Waals surface area (Å²) in [4.78, 5) is 10.5. The van der Waals surface area contributed by atoms with Gasteiger partial charge in [0, 0.05) is 11.0 Å². The highest BCUT2D eigenvalue weighted by Gasteiger charge is 2.00. The second-order valence-corrected chi connectivity index (χ2v) is 3.92. The van der Waals surface area contributed by atoms with Gasteiger partial charge in [0.15, 0.2) is 0 Å². The smallest absolute Gasteiger partial charge is 0.235 e. The number of hydrogen-bond donors (Lipinski definition) is 0. The van der Waals surface area contributed by atoms with Gasteiger partial charge < -0.3 is 0 Å². The van der Waals surface area contributed by atoms with Crippen molar-refractivity contribution >= 4 is 23.4 Å². The fourth-order valence-corrected chi connectivity index (χ4v) is 1.85. The SMILES string of the molecule is CCS/C(CC)=C(Cl)/C=C/[N+](=O)[O-]. The van der Waals surface area contributed by atoms with Gasteiger partial charge in [0.1, 0.15) is 0 Å². The predicted molar refractivity (Wildman–Crippen MR) is 57.4 cm³/mol. The minimum absolute atomic E-state index is 0.464. The van der Waals surface area contributed by atoms with Crippen molar-refractivity contribution < 1.29 is 4.92 Å². The number of nitro groups is 1. The van der Waals surface area contributed by atoms with Gasteiger partial charge in [0.05, 0.1) is 9.96 Å². The quantitative estimate of drug-likeness (QED) is 0.406. The van der Waals surface area contributed by atoms with Crippen molar-refractivity contribution in [1.29, 1.82) is 0 Å². The summed E-state index contributed by atoms with van der Waals surface area (Å²) in [5.74, 6) is 0.922. The Morgan fingerprint density at radius 2 is 2.23 bits per heavy atom. The van der Waals surface area contributed by atoms with E-state index in [4.69, 9.17) is 11.6 Å². The molecular formula is C8H12ClNO2S. The summed E-state index contributed by atoms with van der Waals surface area (Å²) in [5.41, 5.74) is 0. The van der Waals surface area contributed by atoms with Gasteiger partial charge in [-0.25, -0.2) is 0 Å². The van der Waals surface area contributed by atoms with E-state index in [1.54, 1.807) is 11.8 Å². The topological polar surface area (TPSA) is 43.1 Å². The molecule has 0 aliphatic heterocycles. The van der Waals surface area contributed by atoms with E-state index >= 15 is 0 Å². The van der Waals surface area contributed by atoms with Gasteiger partial charge in [-0.05, 0) is 12.2 Å². The third-order valence-corrected chi connectivity index (χ3v) is 2.86. The van der Waals surface area contributed by atoms with Crippen molar-refractivity contribution in [3.63, 3.8) is 0 Å². The summed E-state index contributed by atoms with van der Waals surface area (Å²) in [5, 5.41) is 10.5. The summed E-state index contributed by atoms with van der Waals surface area (Å²) in [7, 11) is 0. The van der Waals surface area contributed by atoms with Crippen molar-refractivity contribution in [3.8, 4) is 0 Å². The normalized spacial score (nSPS) is 13.2. The lowest BCUT2D eigenvalue weighted by Gasteiger charge is -2.01. The zero-order valence-electron chi connectivity index (χ0n) is 7.62. The average Bonchev–Trinajstić information content (AvgIpc) is 2.10. The van der Waals surface area contributed by atoms with E-state index in [1.165, 1.54) is 6.08 Å². The predicted octanol–water partition coefficient (Wildman–Crippen LogP) is 3.39. The van der Waals surface area contributed by atoms with E-state index < -0.39 is 4.92 Å². The number of nitrogens with zero attached hydrogens (tertiary/aromatic N) is 1. The molecule has 0 heterocycles. The highest BCUT2D eigenvalue weighted by atomic mass is 35.5. The molecular weight excluding hydrogens is 210 g/mol. The third kappa shape index (κ3) is 5.71. The molecule has 0 saturated carbocycles. The molecule has 0 aromatic heterocycles. The highest BCUT2D eigenvalue weighted by molar-refractivity contribution is 8.03. The van der Waals surface area contributed by atoms with E-state index in [0.29, 0.717) is 5.03 Å². The molecule has 0 spiro atoms. The van der Waals surface area contributed by atoms with Crippen molar-refractivity contribution in [2.24, 2.45) is 0 Å². The first-order valence-corrected chi connectivity index (χ1v) is 5.31. The number of rotatable bonds is 5. The molecule has 0 amide bonds. The fourth-order valence-electron chi connectivity index (χ4n) is 0.733. The molecule has 0 N–H and O–H groups in total. The van der Waals surface area contributed by atoms with Crippen molar-refractivity contribution in [2.75, 3.05) is 5.75 Å². The van der Waals surface area contributed by atoms with Gasteiger partial charge in [-0.3, -0.25) is 10.1 Å². The number of hydrogen-bond acceptors (Lipinski definition) is 3. The van der Waals surface area contributed by atoms with Crippen LogP contribution in [-0.2, 0) is 0 Å². The first-order chi connectivity index (χ1) is 6.11. The van der Waals surface area contributed by atoms with Crippen LogP contribution < -0.4 is 0 Å². The second kappa shape index (κ2) is 6.97. The van der Waals surface area contributed by atoms with Crippen molar-refractivity contribution in [3.05, 3.63) is 32.3 Å². The Balaban J connectivity index is 4.45. The molecule has 13 heavy (non-hydrogen) atoms. The average molecular weight is 222 g/mol. The molecule has 0 saturated heterocycles. The van der Waals surface area contributed by atoms with Crippen LogP contribution in [0.4, 0.5) is 0 Å². The third-order valence-electron chi connectivity index (χ3n) is 1.25. The Bertz CT molecular complexity index is 238. The number of thioether (sulfide) groups is 1. The standard InChI is InChI=1S/C8H12ClNO2S/c1-3-8(13-4-2)7(9)5-6-10(11)12/h5-6H,3-4H2,1-2H3/b6-5+,8-7-. The lowest BCUT2D eigenvalue weighted by Crippen LogP contribution is -1.84. The van der Waals surface area contributed by atoms with Gasteiger partial charge >= 0.3 is 0 Å². The molecule has 0 aliphatic rings. The zero-order valence-corrected chi connectivity index (χ0v) is 9.19. The van der Waals surface area contributed by atoms with Crippen LogP contribution in [0.2, 0.25) is 0 Å². The molecule has 0 unspecified atom stereocenters. The van der Waals surface area contributed by atoms with Gasteiger partial charge in [-0.15, -0.1) is 11.8 Å². The van der Waals surface area contributed by atoms with Crippen LogP contribution in [-0.4, -0.2) is 10.7 Å². The van der Waals surface area contributed by atoms with Crippen LogP contribution in [0.5, 0.6) is 0 Å². The molecule has 0 fully saturated rings. The molecule has 0 bridgehead atoms. The second-order valence-electron chi connectivity index (χ2n) is 2.16. The van der Waals surface area contributed by atoms with Gasteiger partial charge in [-0.2, -0.15) is 0 Å². The van der Waals surface area contributed by atoms with Crippen LogP contribution in [0.1, 0.15) is 20.3 Å². The fraction of sp³-hybridized carbons (Fsp3) is 0.500. The summed E-state index contributed by atoms with van der Waals surface area (Å²) in [6.45, 7) is 3.99. The summed E-state index contributed by atoms with van der Waals surface area (Å²) in [6.07, 6.45) is 2.98. The van der Waals surface area contributed by atoms with Crippen LogP contribution in [0.3, 0.4) is 0 Å². The van der Waals surface area contributed by atoms with E-state index in [9.17, 15) is 10.1 Å². The van der Waals surface area contributed by atoms with Gasteiger partial charge in [0.25, 0.3) is 0 Å². The molecule has 0 aliphatic carbocycles. The monoisotopic (exact) mass is 221 g/mol. The molecule has 74 valence electrons. The first-order valence-electron chi connectivity index (χ1n) is 3.94. The maximum Gasteiger partial charge on any atom is 0.235 e. The van der Waals surface area contributed by atoms with Crippen molar-refractivity contribution in [1.82, 2.24) is 0 Å². The molecule has 0 rings (SSSR count). The van der Waals surface area contributed by atoms with E-state index in [2.05, 4.69) is 0 Å². The lowest BCUT2D eigenvalue weighted by molar-refractivity contribution is -0.402. The summed E-state index contributed by atoms with van der Waals surface area (Å²) < 4.78 is 0. The van der Waals surface area contributed by atoms with E-state index in [-0.39, 0.29) is 0 Å². The Morgan fingerprint density at radius 3 is 2.62 bits per heavy atom. The summed E-state index contributed by atoms with van der Waals surface area (Å²) in [6, 6.07) is 0. The Labute approximate surface area is 87.0 Å². The molecule has 0 radical (unpaired) electrons. The van der Waals surface area contributed by atoms with Crippen LogP contribution in [0.25, 0.3) is 0 Å². The van der Waals surface area contributed by atoms with Crippen LogP contribution in [0, 0.1) is 10.1 Å². The molecule has 0 aromatic rings. The summed E-state index contributed by atoms with van der Waals surface area (Å²) >= 11 is 7.45. The Kier molecular flexibility index (Phi) is 6.72. The largest absolute Gasteiger partial charge is 0.259 e. The maximum atomic E-state index is 10.0. The van der Waals surface area contributed by atoms with Gasteiger partial charge in [-0.1, -0.05) is 25.4 Å².